The highest BCUT2D eigenvalue weighted by Gasteiger charge is 2.29. The molecule has 7 heteroatoms. The van der Waals surface area contributed by atoms with Gasteiger partial charge in [-0.1, -0.05) is 24.3 Å². The topological polar surface area (TPSA) is 46.2 Å². The molecule has 0 saturated heterocycles. The van der Waals surface area contributed by atoms with Gasteiger partial charge in [0.15, 0.2) is 0 Å². The van der Waals surface area contributed by atoms with Crippen LogP contribution >= 0.6 is 0 Å². The van der Waals surface area contributed by atoms with E-state index in [2.05, 4.69) is 4.72 Å². The smallest absolute Gasteiger partial charge is 0.212 e. The van der Waals surface area contributed by atoms with Gasteiger partial charge in [0.1, 0.15) is 17.5 Å². The van der Waals surface area contributed by atoms with Gasteiger partial charge in [0.05, 0.1) is 11.3 Å². The first-order valence-corrected chi connectivity index (χ1v) is 8.46. The highest BCUT2D eigenvalue weighted by Crippen LogP contribution is 2.24. The molecule has 0 unspecified atom stereocenters. The van der Waals surface area contributed by atoms with Crippen LogP contribution in [0, 0.1) is 17.5 Å². The highest BCUT2D eigenvalue weighted by molar-refractivity contribution is 7.88. The second kappa shape index (κ2) is 6.33. The zero-order valence-corrected chi connectivity index (χ0v) is 13.4. The van der Waals surface area contributed by atoms with Crippen LogP contribution in [0.2, 0.25) is 0 Å². The van der Waals surface area contributed by atoms with E-state index in [1.54, 1.807) is 6.07 Å². The van der Waals surface area contributed by atoms with E-state index in [-0.39, 0.29) is 11.1 Å². The van der Waals surface area contributed by atoms with Crippen molar-refractivity contribution in [2.45, 2.75) is 25.1 Å². The molecule has 23 heavy (non-hydrogen) atoms. The molecule has 0 fully saturated rings. The molecule has 1 N–H and O–H groups in total. The lowest BCUT2D eigenvalue weighted by Crippen LogP contribution is -2.42. The van der Waals surface area contributed by atoms with Gasteiger partial charge in [-0.05, 0) is 26.0 Å². The highest BCUT2D eigenvalue weighted by atomic mass is 32.2. The fraction of sp³-hybridized carbons (Fsp3) is 0.250. The molecule has 0 aromatic heterocycles. The van der Waals surface area contributed by atoms with Crippen LogP contribution in [0.1, 0.15) is 25.0 Å². The minimum atomic E-state index is -3.97. The number of hydrogen-bond donors (Lipinski definition) is 1. The Hall–Kier alpha value is -1.86. The maximum absolute atomic E-state index is 13.9. The van der Waals surface area contributed by atoms with E-state index < -0.39 is 38.8 Å². The summed E-state index contributed by atoms with van der Waals surface area (Å²) in [6, 6.07) is 8.45. The largest absolute Gasteiger partial charge is 0.216 e. The number of sulfonamides is 1. The predicted molar refractivity (Wildman–Crippen MR) is 81.5 cm³/mol. The number of benzene rings is 2. The second-order valence-corrected chi connectivity index (χ2v) is 7.42. The summed E-state index contributed by atoms with van der Waals surface area (Å²) in [6.45, 7) is 3.01. The average molecular weight is 343 g/mol. The molecule has 0 aliphatic carbocycles. The summed E-state index contributed by atoms with van der Waals surface area (Å²) >= 11 is 0. The van der Waals surface area contributed by atoms with Gasteiger partial charge in [-0.25, -0.2) is 26.3 Å². The molecule has 2 aromatic carbocycles. The van der Waals surface area contributed by atoms with E-state index in [0.717, 1.165) is 12.1 Å². The normalized spacial score (nSPS) is 12.4. The van der Waals surface area contributed by atoms with Crippen molar-refractivity contribution in [3.05, 3.63) is 71.0 Å². The van der Waals surface area contributed by atoms with Gasteiger partial charge in [-0.3, -0.25) is 0 Å². The molecular weight excluding hydrogens is 327 g/mol. The Balaban J connectivity index is 2.25. The maximum atomic E-state index is 13.9. The van der Waals surface area contributed by atoms with Gasteiger partial charge in [0.25, 0.3) is 0 Å². The summed E-state index contributed by atoms with van der Waals surface area (Å²) in [7, 11) is -3.97. The third-order valence-electron chi connectivity index (χ3n) is 3.32. The summed E-state index contributed by atoms with van der Waals surface area (Å²) in [4.78, 5) is 0. The first kappa shape index (κ1) is 17.5. The van der Waals surface area contributed by atoms with Crippen LogP contribution in [-0.2, 0) is 21.3 Å². The molecule has 0 aliphatic rings. The van der Waals surface area contributed by atoms with Crippen molar-refractivity contribution in [3.63, 3.8) is 0 Å². The molecular formula is C16H16F3NO2S. The maximum Gasteiger partial charge on any atom is 0.216 e. The third-order valence-corrected chi connectivity index (χ3v) is 4.83. The molecule has 0 atom stereocenters. The van der Waals surface area contributed by atoms with Crippen molar-refractivity contribution < 1.29 is 21.6 Å². The lowest BCUT2D eigenvalue weighted by molar-refractivity contribution is 0.446. The van der Waals surface area contributed by atoms with E-state index in [9.17, 15) is 21.6 Å². The summed E-state index contributed by atoms with van der Waals surface area (Å²) in [6.07, 6.45) is 0. The summed E-state index contributed by atoms with van der Waals surface area (Å²) in [5, 5.41) is 0. The van der Waals surface area contributed by atoms with Crippen LogP contribution in [0.25, 0.3) is 0 Å². The fourth-order valence-electron chi connectivity index (χ4n) is 2.29. The van der Waals surface area contributed by atoms with Crippen LogP contribution in [0.4, 0.5) is 13.2 Å². The summed E-state index contributed by atoms with van der Waals surface area (Å²) in [5.41, 5.74) is -1.22. The van der Waals surface area contributed by atoms with Gasteiger partial charge in [-0.2, -0.15) is 0 Å². The zero-order valence-electron chi connectivity index (χ0n) is 12.6. The van der Waals surface area contributed by atoms with Crippen molar-refractivity contribution in [1.82, 2.24) is 4.72 Å². The quantitative estimate of drug-likeness (QED) is 0.904. The standard InChI is InChI=1S/C16H16F3NO2S/c1-16(2,13-5-3-4-6-14(13)18)20-23(21,22)10-11-7-8-12(17)9-15(11)19/h3-9,20H,10H2,1-2H3. The molecule has 0 heterocycles. The van der Waals surface area contributed by atoms with Crippen molar-refractivity contribution in [2.24, 2.45) is 0 Å². The van der Waals surface area contributed by atoms with Crippen molar-refractivity contribution in [1.29, 1.82) is 0 Å². The van der Waals surface area contributed by atoms with E-state index in [4.69, 9.17) is 0 Å². The number of nitrogens with one attached hydrogen (secondary N) is 1. The van der Waals surface area contributed by atoms with Gasteiger partial charge in [-0.15, -0.1) is 0 Å². The molecule has 2 aromatic rings. The van der Waals surface area contributed by atoms with E-state index in [1.807, 2.05) is 0 Å². The lowest BCUT2D eigenvalue weighted by Gasteiger charge is -2.27. The number of hydrogen-bond acceptors (Lipinski definition) is 2. The molecule has 0 radical (unpaired) electrons. The molecule has 2 rings (SSSR count). The Morgan fingerprint density at radius 1 is 1.00 bits per heavy atom. The van der Waals surface area contributed by atoms with Gasteiger partial charge < -0.3 is 0 Å². The van der Waals surface area contributed by atoms with Crippen LogP contribution in [0.5, 0.6) is 0 Å². The molecule has 0 amide bonds. The minimum Gasteiger partial charge on any atom is -0.212 e. The molecule has 0 saturated carbocycles. The zero-order chi connectivity index (χ0) is 17.3. The Bertz CT molecular complexity index is 820. The number of rotatable bonds is 5. The molecule has 0 aliphatic heterocycles. The first-order chi connectivity index (χ1) is 10.6. The number of halogens is 3. The Labute approximate surface area is 133 Å². The Kier molecular flexibility index (Phi) is 4.81. The van der Waals surface area contributed by atoms with E-state index in [0.29, 0.717) is 6.07 Å². The first-order valence-electron chi connectivity index (χ1n) is 6.81. The molecule has 0 bridgehead atoms. The average Bonchev–Trinajstić information content (AvgIpc) is 2.41. The lowest BCUT2D eigenvalue weighted by atomic mass is 9.95. The van der Waals surface area contributed by atoms with Crippen molar-refractivity contribution in [3.8, 4) is 0 Å². The fourth-order valence-corrected chi connectivity index (χ4v) is 3.89. The van der Waals surface area contributed by atoms with Crippen LogP contribution in [-0.4, -0.2) is 8.42 Å². The van der Waals surface area contributed by atoms with Crippen molar-refractivity contribution >= 4 is 10.0 Å². The van der Waals surface area contributed by atoms with Crippen LogP contribution in [0.15, 0.2) is 42.5 Å². The monoisotopic (exact) mass is 343 g/mol. The van der Waals surface area contributed by atoms with E-state index >= 15 is 0 Å². The van der Waals surface area contributed by atoms with E-state index in [1.165, 1.54) is 32.0 Å². The van der Waals surface area contributed by atoms with Gasteiger partial charge in [0, 0.05) is 17.2 Å². The molecule has 124 valence electrons. The Morgan fingerprint density at radius 2 is 1.65 bits per heavy atom. The van der Waals surface area contributed by atoms with Crippen LogP contribution in [0.3, 0.4) is 0 Å². The second-order valence-electron chi connectivity index (χ2n) is 5.70. The summed E-state index contributed by atoms with van der Waals surface area (Å²) < 4.78 is 67.2. The third kappa shape index (κ3) is 4.33. The van der Waals surface area contributed by atoms with Crippen molar-refractivity contribution in [2.75, 3.05) is 0 Å². The molecule has 3 nitrogen and oxygen atoms in total. The summed E-state index contributed by atoms with van der Waals surface area (Å²) in [5.74, 6) is -2.95. The van der Waals surface area contributed by atoms with Gasteiger partial charge >= 0.3 is 0 Å². The van der Waals surface area contributed by atoms with Crippen LogP contribution < -0.4 is 4.72 Å². The SMILES string of the molecule is CC(C)(NS(=O)(=O)Cc1ccc(F)cc1F)c1ccccc1F. The van der Waals surface area contributed by atoms with Gasteiger partial charge in [0.2, 0.25) is 10.0 Å². The predicted octanol–water partition coefficient (Wildman–Crippen LogP) is 3.46. The Morgan fingerprint density at radius 3 is 2.26 bits per heavy atom. The molecule has 0 spiro atoms. The minimum absolute atomic E-state index is 0.164.